The van der Waals surface area contributed by atoms with E-state index >= 15 is 0 Å². The number of nitrogen functional groups attached to an aromatic ring is 1. The number of nitrogens with zero attached hydrogens (tertiary/aromatic N) is 2. The van der Waals surface area contributed by atoms with Crippen LogP contribution in [0.2, 0.25) is 0 Å². The van der Waals surface area contributed by atoms with Crippen molar-refractivity contribution < 1.29 is 18.8 Å². The van der Waals surface area contributed by atoms with E-state index in [4.69, 9.17) is 5.73 Å². The Bertz CT molecular complexity index is 1490. The minimum atomic E-state index is -1.09. The first kappa shape index (κ1) is 28.4. The lowest BCUT2D eigenvalue weighted by molar-refractivity contribution is -0.122. The van der Waals surface area contributed by atoms with Crippen LogP contribution in [0.15, 0.2) is 72.1 Å². The van der Waals surface area contributed by atoms with E-state index in [-0.39, 0.29) is 28.8 Å². The number of amides is 3. The van der Waals surface area contributed by atoms with E-state index in [1.54, 1.807) is 12.1 Å². The predicted molar refractivity (Wildman–Crippen MR) is 159 cm³/mol. The number of carbonyl (C=O) groups is 3. The highest BCUT2D eigenvalue weighted by Crippen LogP contribution is 2.35. The van der Waals surface area contributed by atoms with Crippen LogP contribution in [-0.4, -0.2) is 28.1 Å². The van der Waals surface area contributed by atoms with E-state index < -0.39 is 29.6 Å². The molecule has 3 amide bonds. The topological polar surface area (TPSA) is 117 Å². The molecule has 0 radical (unpaired) electrons. The Labute approximate surface area is 245 Å². The van der Waals surface area contributed by atoms with Gasteiger partial charge in [0.1, 0.15) is 10.7 Å². The molecular formula is C30H30FN5O3S2. The summed E-state index contributed by atoms with van der Waals surface area (Å²) in [7, 11) is 0. The number of carbonyl (C=O) groups excluding carboxylic acids is 3. The lowest BCUT2D eigenvalue weighted by Gasteiger charge is -2.30. The number of hydrogen-bond acceptors (Lipinski definition) is 7. The molecule has 0 spiro atoms. The van der Waals surface area contributed by atoms with E-state index in [2.05, 4.69) is 15.0 Å². The molecule has 4 N–H and O–H groups in total. The second-order valence-corrected chi connectivity index (χ2v) is 11.6. The van der Waals surface area contributed by atoms with E-state index in [9.17, 15) is 18.8 Å². The molecule has 2 aromatic carbocycles. The second kappa shape index (κ2) is 13.0. The Kier molecular flexibility index (Phi) is 9.05. The van der Waals surface area contributed by atoms with Gasteiger partial charge in [-0.15, -0.1) is 11.3 Å². The van der Waals surface area contributed by atoms with Crippen molar-refractivity contribution in [3.05, 3.63) is 98.9 Å². The van der Waals surface area contributed by atoms with Gasteiger partial charge in [-0.3, -0.25) is 19.3 Å². The number of halogens is 1. The molecule has 0 bridgehead atoms. The van der Waals surface area contributed by atoms with Crippen LogP contribution in [0.25, 0.3) is 0 Å². The molecule has 0 saturated heterocycles. The van der Waals surface area contributed by atoms with Gasteiger partial charge in [0.25, 0.3) is 11.8 Å². The van der Waals surface area contributed by atoms with Gasteiger partial charge in [0, 0.05) is 23.2 Å². The number of nitrogens with two attached hydrogens (primary N) is 1. The highest BCUT2D eigenvalue weighted by molar-refractivity contribution is 7.10. The molecule has 2 heterocycles. The maximum absolute atomic E-state index is 14.2. The molecule has 8 nitrogen and oxygen atoms in total. The summed E-state index contributed by atoms with van der Waals surface area (Å²) in [6.07, 6.45) is 5.02. The average molecular weight is 592 g/mol. The summed E-state index contributed by atoms with van der Waals surface area (Å²) in [6, 6.07) is 17.3. The van der Waals surface area contributed by atoms with Crippen molar-refractivity contribution >= 4 is 52.0 Å². The van der Waals surface area contributed by atoms with Crippen LogP contribution < -0.4 is 21.3 Å². The molecule has 1 aliphatic carbocycles. The van der Waals surface area contributed by atoms with Crippen LogP contribution in [0.4, 0.5) is 15.8 Å². The zero-order chi connectivity index (χ0) is 28.8. The van der Waals surface area contributed by atoms with Gasteiger partial charge >= 0.3 is 0 Å². The number of thiophene rings is 1. The first-order chi connectivity index (χ1) is 19.9. The van der Waals surface area contributed by atoms with Crippen molar-refractivity contribution in [2.75, 3.05) is 10.6 Å². The highest BCUT2D eigenvalue weighted by Gasteiger charge is 2.37. The largest absolute Gasteiger partial charge is 0.395 e. The predicted octanol–water partition coefficient (Wildman–Crippen LogP) is 5.69. The Morgan fingerprint density at radius 1 is 1.00 bits per heavy atom. The first-order valence-electron chi connectivity index (χ1n) is 13.4. The van der Waals surface area contributed by atoms with Gasteiger partial charge < -0.3 is 16.4 Å². The first-order valence-corrected chi connectivity index (χ1v) is 15.1. The van der Waals surface area contributed by atoms with Gasteiger partial charge in [-0.2, -0.15) is 4.37 Å². The molecule has 1 saturated carbocycles. The van der Waals surface area contributed by atoms with Crippen LogP contribution in [0.5, 0.6) is 0 Å². The Morgan fingerprint density at radius 2 is 1.73 bits per heavy atom. The summed E-state index contributed by atoms with van der Waals surface area (Å²) < 4.78 is 18.1. The molecular weight excluding hydrogens is 561 g/mol. The Morgan fingerprint density at radius 3 is 2.41 bits per heavy atom. The SMILES string of the molecule is Nc1c(C(=O)NC2CCCCC2)nsc1C(=O)N(c1ccc(F)cc1)[C@H](C(=O)NCc1ccccc1)c1cccs1. The minimum Gasteiger partial charge on any atom is -0.395 e. The number of hydrogen-bond donors (Lipinski definition) is 3. The summed E-state index contributed by atoms with van der Waals surface area (Å²) in [4.78, 5) is 42.9. The van der Waals surface area contributed by atoms with Crippen LogP contribution >= 0.6 is 22.9 Å². The molecule has 2 aromatic heterocycles. The van der Waals surface area contributed by atoms with Crippen molar-refractivity contribution in [2.24, 2.45) is 0 Å². The zero-order valence-electron chi connectivity index (χ0n) is 22.2. The monoisotopic (exact) mass is 591 g/mol. The number of benzene rings is 2. The van der Waals surface area contributed by atoms with E-state index in [1.807, 2.05) is 35.7 Å². The molecule has 1 fully saturated rings. The molecule has 1 aliphatic rings. The lowest BCUT2D eigenvalue weighted by Crippen LogP contribution is -2.43. The fourth-order valence-electron chi connectivity index (χ4n) is 4.91. The number of anilines is 2. The maximum Gasteiger partial charge on any atom is 0.273 e. The van der Waals surface area contributed by atoms with Crippen LogP contribution in [0, 0.1) is 5.82 Å². The zero-order valence-corrected chi connectivity index (χ0v) is 23.8. The van der Waals surface area contributed by atoms with Crippen LogP contribution in [-0.2, 0) is 11.3 Å². The summed E-state index contributed by atoms with van der Waals surface area (Å²) >= 11 is 2.13. The molecule has 11 heteroatoms. The molecule has 212 valence electrons. The second-order valence-electron chi connectivity index (χ2n) is 9.86. The van der Waals surface area contributed by atoms with Gasteiger partial charge in [-0.05, 0) is 65.6 Å². The van der Waals surface area contributed by atoms with Gasteiger partial charge in [0.05, 0.1) is 5.69 Å². The van der Waals surface area contributed by atoms with Gasteiger partial charge in [0.2, 0.25) is 5.91 Å². The maximum atomic E-state index is 14.2. The van der Waals surface area contributed by atoms with Gasteiger partial charge in [-0.1, -0.05) is 55.7 Å². The molecule has 41 heavy (non-hydrogen) atoms. The van der Waals surface area contributed by atoms with E-state index in [1.165, 1.54) is 40.5 Å². The molecule has 4 aromatic rings. The molecule has 5 rings (SSSR count). The summed E-state index contributed by atoms with van der Waals surface area (Å²) in [5.74, 6) is -1.95. The van der Waals surface area contributed by atoms with E-state index in [0.717, 1.165) is 49.2 Å². The van der Waals surface area contributed by atoms with Crippen molar-refractivity contribution in [3.63, 3.8) is 0 Å². The average Bonchev–Trinajstić information content (AvgIpc) is 3.66. The normalized spacial score (nSPS) is 14.3. The van der Waals surface area contributed by atoms with Crippen molar-refractivity contribution in [3.8, 4) is 0 Å². The van der Waals surface area contributed by atoms with Gasteiger partial charge in [0.15, 0.2) is 11.7 Å². The third-order valence-corrected chi connectivity index (χ3v) is 8.81. The summed E-state index contributed by atoms with van der Waals surface area (Å²) in [6.45, 7) is 0.251. The molecule has 0 aliphatic heterocycles. The summed E-state index contributed by atoms with van der Waals surface area (Å²) in [5.41, 5.74) is 7.50. The Balaban J connectivity index is 1.48. The molecule has 1 atom stereocenters. The van der Waals surface area contributed by atoms with Crippen LogP contribution in [0.3, 0.4) is 0 Å². The van der Waals surface area contributed by atoms with Crippen molar-refractivity contribution in [1.82, 2.24) is 15.0 Å². The number of aromatic nitrogens is 1. The molecule has 0 unspecified atom stereocenters. The fraction of sp³-hybridized carbons (Fsp3) is 0.267. The van der Waals surface area contributed by atoms with Gasteiger partial charge in [-0.25, -0.2) is 4.39 Å². The van der Waals surface area contributed by atoms with E-state index in [0.29, 0.717) is 10.6 Å². The number of rotatable bonds is 9. The van der Waals surface area contributed by atoms with Crippen molar-refractivity contribution in [1.29, 1.82) is 0 Å². The third kappa shape index (κ3) is 6.63. The third-order valence-electron chi connectivity index (χ3n) is 7.03. The summed E-state index contributed by atoms with van der Waals surface area (Å²) in [5, 5.41) is 7.73. The Hall–Kier alpha value is -4.09. The minimum absolute atomic E-state index is 0.0100. The fourth-order valence-corrected chi connectivity index (χ4v) is 6.46. The number of nitrogens with one attached hydrogen (secondary N) is 2. The van der Waals surface area contributed by atoms with Crippen LogP contribution in [0.1, 0.15) is 68.7 Å². The lowest BCUT2D eigenvalue weighted by atomic mass is 9.95. The highest BCUT2D eigenvalue weighted by atomic mass is 32.1. The smallest absolute Gasteiger partial charge is 0.273 e. The van der Waals surface area contributed by atoms with Crippen molar-refractivity contribution in [2.45, 2.75) is 50.7 Å². The quantitative estimate of drug-likeness (QED) is 0.231. The standard InChI is InChI=1S/C30H30FN5O3S2/c31-20-13-15-22(16-14-20)36(26(23-12-7-17-40-23)29(38)33-18-19-8-3-1-4-9-19)30(39)27-24(32)25(35-41-27)28(37)34-21-10-5-2-6-11-21/h1,3-4,7-9,12-17,21,26H,2,5-6,10-11,18,32H2,(H,33,38)(H,34,37)/t26-/m0/s1.